The molecule has 1 N–H and O–H groups in total. The normalized spacial score (nSPS) is 18.1. The van der Waals surface area contributed by atoms with E-state index in [1.807, 2.05) is 24.3 Å². The molecule has 1 fully saturated rings. The minimum absolute atomic E-state index is 0.336. The van der Waals surface area contributed by atoms with E-state index in [0.717, 1.165) is 41.7 Å². The number of hydrogen-bond acceptors (Lipinski definition) is 5. The first-order valence-corrected chi connectivity index (χ1v) is 7.68. The fourth-order valence-corrected chi connectivity index (χ4v) is 2.99. The lowest BCUT2D eigenvalue weighted by Crippen LogP contribution is -2.18. The summed E-state index contributed by atoms with van der Waals surface area (Å²) in [5.74, 6) is 0.862. The molecule has 2 aromatic rings. The average molecular weight is 290 g/mol. The maximum atomic E-state index is 5.59. The standard InChI is InChI=1S/C15H18N2O2S/c1-18-12-6-4-11(5-7-12)14-10-20-15(17-14)16-9-13-3-2-8-19-13/h4-7,10,13H,2-3,8-9H2,1H3,(H,16,17). The molecule has 1 aliphatic rings. The van der Waals surface area contributed by atoms with Crippen LogP contribution in [0.25, 0.3) is 11.3 Å². The first-order valence-electron chi connectivity index (χ1n) is 6.80. The minimum atomic E-state index is 0.336. The van der Waals surface area contributed by atoms with Gasteiger partial charge >= 0.3 is 0 Å². The smallest absolute Gasteiger partial charge is 0.183 e. The SMILES string of the molecule is COc1ccc(-c2csc(NCC3CCCO3)n2)cc1. The number of ether oxygens (including phenoxy) is 2. The quantitative estimate of drug-likeness (QED) is 0.916. The van der Waals surface area contributed by atoms with Gasteiger partial charge in [0.2, 0.25) is 0 Å². The predicted octanol–water partition coefficient (Wildman–Crippen LogP) is 3.41. The Balaban J connectivity index is 1.62. The molecule has 4 nitrogen and oxygen atoms in total. The highest BCUT2D eigenvalue weighted by Crippen LogP contribution is 2.26. The molecule has 1 unspecified atom stereocenters. The van der Waals surface area contributed by atoms with Crippen LogP contribution in [0.2, 0.25) is 0 Å². The number of anilines is 1. The second-order valence-corrected chi connectivity index (χ2v) is 5.64. The molecule has 106 valence electrons. The van der Waals surface area contributed by atoms with E-state index >= 15 is 0 Å². The van der Waals surface area contributed by atoms with Crippen LogP contribution in [-0.4, -0.2) is 31.3 Å². The van der Waals surface area contributed by atoms with Gasteiger partial charge in [0.25, 0.3) is 0 Å². The molecule has 0 saturated carbocycles. The monoisotopic (exact) mass is 290 g/mol. The maximum Gasteiger partial charge on any atom is 0.183 e. The first kappa shape index (κ1) is 13.4. The van der Waals surface area contributed by atoms with Gasteiger partial charge in [-0.05, 0) is 37.1 Å². The number of benzene rings is 1. The van der Waals surface area contributed by atoms with E-state index in [0.29, 0.717) is 6.10 Å². The number of nitrogens with zero attached hydrogens (tertiary/aromatic N) is 1. The molecule has 0 bridgehead atoms. The van der Waals surface area contributed by atoms with Crippen molar-refractivity contribution in [3.63, 3.8) is 0 Å². The van der Waals surface area contributed by atoms with Crippen molar-refractivity contribution in [3.05, 3.63) is 29.6 Å². The van der Waals surface area contributed by atoms with Crippen LogP contribution < -0.4 is 10.1 Å². The molecule has 1 atom stereocenters. The molecule has 0 aliphatic carbocycles. The second-order valence-electron chi connectivity index (χ2n) is 4.78. The molecule has 1 saturated heterocycles. The zero-order chi connectivity index (χ0) is 13.8. The van der Waals surface area contributed by atoms with Gasteiger partial charge in [-0.15, -0.1) is 11.3 Å². The Kier molecular flexibility index (Phi) is 4.18. The Hall–Kier alpha value is -1.59. The van der Waals surface area contributed by atoms with Crippen LogP contribution in [0.3, 0.4) is 0 Å². The largest absolute Gasteiger partial charge is 0.497 e. The van der Waals surface area contributed by atoms with E-state index in [1.54, 1.807) is 18.4 Å². The number of rotatable bonds is 5. The van der Waals surface area contributed by atoms with Crippen LogP contribution >= 0.6 is 11.3 Å². The Morgan fingerprint density at radius 1 is 1.40 bits per heavy atom. The number of nitrogens with one attached hydrogen (secondary N) is 1. The molecular formula is C15H18N2O2S. The Bertz CT molecular complexity index is 547. The molecule has 5 heteroatoms. The lowest BCUT2D eigenvalue weighted by Gasteiger charge is -2.09. The van der Waals surface area contributed by atoms with Crippen molar-refractivity contribution in [2.45, 2.75) is 18.9 Å². The molecule has 3 rings (SSSR count). The van der Waals surface area contributed by atoms with Crippen LogP contribution in [0, 0.1) is 0 Å². The van der Waals surface area contributed by atoms with Crippen LogP contribution in [0.5, 0.6) is 5.75 Å². The molecule has 1 aromatic carbocycles. The van der Waals surface area contributed by atoms with E-state index in [9.17, 15) is 0 Å². The summed E-state index contributed by atoms with van der Waals surface area (Å²) < 4.78 is 10.8. The van der Waals surface area contributed by atoms with Gasteiger partial charge in [-0.3, -0.25) is 0 Å². The minimum Gasteiger partial charge on any atom is -0.497 e. The van der Waals surface area contributed by atoms with Crippen molar-refractivity contribution >= 4 is 16.5 Å². The summed E-state index contributed by atoms with van der Waals surface area (Å²) in [6, 6.07) is 7.96. The number of hydrogen-bond donors (Lipinski definition) is 1. The molecule has 0 amide bonds. The van der Waals surface area contributed by atoms with Gasteiger partial charge in [-0.1, -0.05) is 0 Å². The number of aromatic nitrogens is 1. The van der Waals surface area contributed by atoms with Gasteiger partial charge in [0, 0.05) is 24.1 Å². The fourth-order valence-electron chi connectivity index (χ4n) is 2.26. The van der Waals surface area contributed by atoms with E-state index in [-0.39, 0.29) is 0 Å². The topological polar surface area (TPSA) is 43.4 Å². The molecular weight excluding hydrogens is 272 g/mol. The number of thiazole rings is 1. The van der Waals surface area contributed by atoms with Crippen molar-refractivity contribution in [1.82, 2.24) is 4.98 Å². The first-order chi connectivity index (χ1) is 9.85. The summed E-state index contributed by atoms with van der Waals surface area (Å²) in [6.45, 7) is 1.73. The third-order valence-electron chi connectivity index (χ3n) is 3.39. The van der Waals surface area contributed by atoms with Crippen molar-refractivity contribution in [3.8, 4) is 17.0 Å². The third kappa shape index (κ3) is 3.11. The van der Waals surface area contributed by atoms with E-state index in [4.69, 9.17) is 9.47 Å². The van der Waals surface area contributed by atoms with Gasteiger partial charge < -0.3 is 14.8 Å². The summed E-state index contributed by atoms with van der Waals surface area (Å²) in [5, 5.41) is 6.38. The molecule has 1 aliphatic heterocycles. The van der Waals surface area contributed by atoms with Crippen LogP contribution in [0.1, 0.15) is 12.8 Å². The zero-order valence-electron chi connectivity index (χ0n) is 11.5. The summed E-state index contributed by atoms with van der Waals surface area (Å²) in [7, 11) is 1.67. The van der Waals surface area contributed by atoms with Gasteiger partial charge in [0.1, 0.15) is 5.75 Å². The molecule has 20 heavy (non-hydrogen) atoms. The predicted molar refractivity (Wildman–Crippen MR) is 81.6 cm³/mol. The van der Waals surface area contributed by atoms with Gasteiger partial charge in [-0.2, -0.15) is 0 Å². The van der Waals surface area contributed by atoms with Gasteiger partial charge in [0.15, 0.2) is 5.13 Å². The van der Waals surface area contributed by atoms with E-state index in [1.165, 1.54) is 6.42 Å². The van der Waals surface area contributed by atoms with Crippen LogP contribution in [0.4, 0.5) is 5.13 Å². The van der Waals surface area contributed by atoms with Crippen LogP contribution in [0.15, 0.2) is 29.6 Å². The van der Waals surface area contributed by atoms with Gasteiger partial charge in [-0.25, -0.2) is 4.98 Å². The Morgan fingerprint density at radius 2 is 2.25 bits per heavy atom. The summed E-state index contributed by atoms with van der Waals surface area (Å²) in [6.07, 6.45) is 2.65. The number of methoxy groups -OCH3 is 1. The maximum absolute atomic E-state index is 5.59. The zero-order valence-corrected chi connectivity index (χ0v) is 12.3. The summed E-state index contributed by atoms with van der Waals surface area (Å²) in [5.41, 5.74) is 2.10. The summed E-state index contributed by atoms with van der Waals surface area (Å²) >= 11 is 1.63. The van der Waals surface area contributed by atoms with Crippen molar-refractivity contribution in [1.29, 1.82) is 0 Å². The Morgan fingerprint density at radius 3 is 2.95 bits per heavy atom. The second kappa shape index (κ2) is 6.24. The Labute approximate surface area is 122 Å². The highest BCUT2D eigenvalue weighted by molar-refractivity contribution is 7.14. The summed E-state index contributed by atoms with van der Waals surface area (Å²) in [4.78, 5) is 4.61. The highest BCUT2D eigenvalue weighted by atomic mass is 32.1. The third-order valence-corrected chi connectivity index (χ3v) is 4.19. The average Bonchev–Trinajstić information content (AvgIpc) is 3.17. The molecule has 0 spiro atoms. The van der Waals surface area contributed by atoms with Gasteiger partial charge in [0.05, 0.1) is 18.9 Å². The molecule has 0 radical (unpaired) electrons. The highest BCUT2D eigenvalue weighted by Gasteiger charge is 2.15. The van der Waals surface area contributed by atoms with Crippen molar-refractivity contribution in [2.75, 3.05) is 25.6 Å². The van der Waals surface area contributed by atoms with Crippen molar-refractivity contribution < 1.29 is 9.47 Å². The molecule has 2 heterocycles. The van der Waals surface area contributed by atoms with Crippen molar-refractivity contribution in [2.24, 2.45) is 0 Å². The van der Waals surface area contributed by atoms with E-state index < -0.39 is 0 Å². The van der Waals surface area contributed by atoms with Crippen LogP contribution in [-0.2, 0) is 4.74 Å². The fraction of sp³-hybridized carbons (Fsp3) is 0.400. The molecule has 1 aromatic heterocycles. The lowest BCUT2D eigenvalue weighted by atomic mass is 10.2. The lowest BCUT2D eigenvalue weighted by molar-refractivity contribution is 0.120. The van der Waals surface area contributed by atoms with E-state index in [2.05, 4.69) is 15.7 Å².